The molecule has 0 spiro atoms. The number of ketones is 1. The second-order valence-corrected chi connectivity index (χ2v) is 31.7. The molecule has 8 aromatic carbocycles. The van der Waals surface area contributed by atoms with Gasteiger partial charge in [0.15, 0.2) is 24.1 Å². The maximum atomic E-state index is 13.0. The molecule has 11 rings (SSSR count). The third-order valence-electron chi connectivity index (χ3n) is 17.5. The van der Waals surface area contributed by atoms with Crippen LogP contribution >= 0.6 is 55.2 Å². The minimum Gasteiger partial charge on any atom is -1.00 e. The molecule has 718 valence electrons. The Kier molecular flexibility index (Phi) is 77.4. The van der Waals surface area contributed by atoms with Crippen molar-refractivity contribution in [2.24, 2.45) is 29.6 Å². The number of Topliss-reactive ketones (excluding diaryl/α,β-unsaturated/α-hetero) is 1. The fraction of sp³-hybridized carbons (Fsp3) is 0.362. The number of alkyl halides is 3. The van der Waals surface area contributed by atoms with Gasteiger partial charge in [0, 0.05) is 18.1 Å². The predicted octanol–water partition coefficient (Wildman–Crippen LogP) is 2.59. The molecule has 4 atom stereocenters. The quantitative estimate of drug-likeness (QED) is 0.00575. The Labute approximate surface area is 1020 Å². The molecule has 3 aliphatic rings. The summed E-state index contributed by atoms with van der Waals surface area (Å²) in [4.78, 5) is 149. The van der Waals surface area contributed by atoms with Crippen molar-refractivity contribution in [3.05, 3.63) is 219 Å². The number of aliphatic hydroxyl groups is 1. The number of nitrogens with one attached hydrogen (secondary N) is 2. The van der Waals surface area contributed by atoms with E-state index in [1.165, 1.54) is 76.6 Å². The first-order valence-electron chi connectivity index (χ1n) is 40.1. The molecule has 0 saturated heterocycles. The zero-order chi connectivity index (χ0) is 99.3. The summed E-state index contributed by atoms with van der Waals surface area (Å²) >= 11 is 13.7. The molecule has 7 N–H and O–H groups in total. The molecule has 0 aliphatic carbocycles. The van der Waals surface area contributed by atoms with Crippen molar-refractivity contribution in [2.45, 2.75) is 133 Å². The van der Waals surface area contributed by atoms with E-state index in [9.17, 15) is 48.3 Å². The number of nitrogens with zero attached hydrogens (tertiary/aromatic N) is 2. The minimum absolute atomic E-state index is 0. The van der Waals surface area contributed by atoms with Gasteiger partial charge >= 0.3 is 271 Å². The summed E-state index contributed by atoms with van der Waals surface area (Å²) in [7, 11) is 6.84. The summed E-state index contributed by atoms with van der Waals surface area (Å²) in [5.41, 5.74) is 14.5. The number of halogens is 3. The number of fused-ring (bicyclic) bond motifs is 3. The van der Waals surface area contributed by atoms with E-state index < -0.39 is 48.8 Å². The van der Waals surface area contributed by atoms with Gasteiger partial charge in [0.25, 0.3) is 30.7 Å². The third-order valence-corrected chi connectivity index (χ3v) is 20.6. The normalized spacial score (nSPS) is 12.9. The average Bonchev–Trinajstić information content (AvgIpc) is 0.770. The molecule has 0 saturated carbocycles. The van der Waals surface area contributed by atoms with Gasteiger partial charge < -0.3 is 103 Å². The first kappa shape index (κ1) is 136. The molecule has 0 bridgehead atoms. The molecule has 8 aromatic rings. The van der Waals surface area contributed by atoms with Crippen molar-refractivity contribution in [1.29, 1.82) is 0 Å². The summed E-state index contributed by atoms with van der Waals surface area (Å²) in [5, 5.41) is 51.1. The number of rotatable bonds is 21. The number of hydrogen-bond acceptors (Lipinski definition) is 30. The first-order chi connectivity index (χ1) is 62.1. The van der Waals surface area contributed by atoms with E-state index in [0.717, 1.165) is 44.8 Å². The van der Waals surface area contributed by atoms with Crippen LogP contribution in [0.4, 0.5) is 28.4 Å². The number of nitrogen functional groups attached to an aromatic ring is 1. The van der Waals surface area contributed by atoms with E-state index in [1.807, 2.05) is 148 Å². The molecule has 4 unspecified atom stereocenters. The second kappa shape index (κ2) is 76.7. The third kappa shape index (κ3) is 50.0. The van der Waals surface area contributed by atoms with E-state index in [-0.39, 0.29) is 356 Å². The van der Waals surface area contributed by atoms with Crippen LogP contribution < -0.4 is 296 Å². The van der Waals surface area contributed by atoms with Crippen LogP contribution in [0.25, 0.3) is 0 Å². The Balaban J connectivity index is -0.000000289. The first-order valence-corrected chi connectivity index (χ1v) is 43.4. The van der Waals surface area contributed by atoms with Gasteiger partial charge in [-0.05, 0) is 176 Å². The fourth-order valence-electron chi connectivity index (χ4n) is 10.7. The molecular formula is C94H118Br2ClCs2K2N5O28S. The van der Waals surface area contributed by atoms with E-state index in [4.69, 9.17) is 82.3 Å². The average molecular weight is 2340 g/mol. The summed E-state index contributed by atoms with van der Waals surface area (Å²) in [6.07, 6.45) is 1.04. The van der Waals surface area contributed by atoms with Crippen molar-refractivity contribution in [3.8, 4) is 34.5 Å². The van der Waals surface area contributed by atoms with Gasteiger partial charge in [-0.2, -0.15) is 21.4 Å². The molecule has 0 radical (unpaired) electrons. The largest absolute Gasteiger partial charge is 1.00 e. The van der Waals surface area contributed by atoms with E-state index >= 15 is 0 Å². The number of aromatic hydroxyl groups is 2. The van der Waals surface area contributed by atoms with Crippen LogP contribution in [0.2, 0.25) is 0 Å². The van der Waals surface area contributed by atoms with E-state index in [0.29, 0.717) is 81.8 Å². The zero-order valence-corrected chi connectivity index (χ0v) is 103. The standard InChI is InChI=1S/2C21H23NO4.C13H16BrNO4.C13H15NO4.C8H9ClO.C8H9NO3.C4H9Br.C2H6S.2CH2O3.CO2.CH4.2Cs.2K.2H/c1-13(2)19-20(23)22(12-15-7-5-14(3)6-8-15)17-11-16(21(24)25-4)9-10-18(17)26-19;1-13(2)20-21(25)22(11-15-6-4-14(3)5-7-15)17-10-16(18(24)12-23)8-9-19(17)26-20;1-7(2)11(14)12(17)15-9-6-8(13(18)19-3)4-5-10(9)16;1-7(2)11-12(15)14-9-6-8(13(16)17-3)4-5-10(9)18-11;1-10-8-4-2-7(6-9)3-5-8;1-12-8(11)5-2-3-7(10)6(9)4-5;1-4(2)3-5;1-3-2;2*2-1-4-3;2-1-3;;;;;;;/h5-11,13,19H,12H2,1-4H3;4-10,13,20,23H,11-12H2,1-3H3;4-7,11,16H,1-3H3,(H,15,17);4-7,11H,1-3H3,(H,14,15);2-5H,6H2,1H3;2-4,10H,9H2,1H3;4H,3H2,1-2H3;1-2H3;2*1,3H;;1H4;;;;;;/q;;;;;;;;;;;;4*+1;2*-1/p-2/i;;;;;;;1D;;;;;;;;;;. The molecule has 4 amide bonds. The number of hydrogen-bond donors (Lipinski definition) is 6. The van der Waals surface area contributed by atoms with Gasteiger partial charge in [0.2, 0.25) is 5.91 Å². The van der Waals surface area contributed by atoms with Gasteiger partial charge in [-0.15, -0.1) is 11.6 Å². The summed E-state index contributed by atoms with van der Waals surface area (Å²) < 4.78 is 47.3. The van der Waals surface area contributed by atoms with Crippen molar-refractivity contribution >= 4 is 156 Å². The number of benzene rings is 8. The van der Waals surface area contributed by atoms with Gasteiger partial charge in [-0.1, -0.05) is 180 Å². The zero-order valence-electron chi connectivity index (χ0n) is 82.2. The Bertz CT molecular complexity index is 4860. The Morgan fingerprint density at radius 1 is 0.585 bits per heavy atom. The topological polar surface area (TPSA) is 478 Å². The van der Waals surface area contributed by atoms with Crippen molar-refractivity contribution < 1.29 is 381 Å². The summed E-state index contributed by atoms with van der Waals surface area (Å²) in [6.45, 7) is 23.7. The molecule has 41 heteroatoms. The SMILES string of the molecule is C.CC(C)CBr.COC(=O)c1ccc(O)c(N)c1.COC(=O)c1ccc(O)c(NC(=O)C(Br)C(C)C)c1.COC(=O)c1ccc2c(c1)N(Cc1ccc(C)cc1)C(=O)C(C(C)C)O2.COC(=O)c1ccc2c(c1)NC(=O)C(C(C)C)O2.COc1ccc(CCl)cc1.Cc1ccc(CN2C(=O)C(C(C)C)Oc3ccc(C(=O)CO)cc32)cc1.O=C=O.O=CO[O-].O=CO[O-].[2H]CSC.[Cs+].[Cs+].[H-].[H-].[K+].[K+]. The predicted molar refractivity (Wildman–Crippen MR) is 503 cm³/mol. The maximum Gasteiger partial charge on any atom is 1.00 e. The molecule has 33 nitrogen and oxygen atoms in total. The van der Waals surface area contributed by atoms with Crippen molar-refractivity contribution in [3.63, 3.8) is 0 Å². The number of thioether (sulfide) groups is 1. The number of ether oxygens (including phenoxy) is 8. The number of phenols is 2. The number of nitrogens with two attached hydrogens (primary N) is 1. The Hall–Kier alpha value is -5.03. The number of aliphatic hydroxyl groups excluding tert-OH is 1. The minimum atomic E-state index is -0.569. The van der Waals surface area contributed by atoms with Crippen LogP contribution in [0.5, 0.6) is 34.5 Å². The molecular weight excluding hydrogens is 2220 g/mol. The number of aryl methyl sites for hydroxylation is 2. The molecule has 3 aliphatic heterocycles. The number of amides is 4. The molecule has 135 heavy (non-hydrogen) atoms. The summed E-state index contributed by atoms with van der Waals surface area (Å²) in [5.74, 6) is 1.09. The van der Waals surface area contributed by atoms with Gasteiger partial charge in [0.05, 0.1) is 104 Å². The fourth-order valence-corrected chi connectivity index (χ4v) is 11.0. The Morgan fingerprint density at radius 3 is 1.27 bits per heavy atom. The summed E-state index contributed by atoms with van der Waals surface area (Å²) in [6, 6.07) is 46.8. The maximum absolute atomic E-state index is 13.0. The van der Waals surface area contributed by atoms with Crippen LogP contribution in [0.3, 0.4) is 0 Å². The Morgan fingerprint density at radius 2 is 0.926 bits per heavy atom. The second-order valence-electron chi connectivity index (χ2n) is 29.2. The van der Waals surface area contributed by atoms with Crippen LogP contribution in [-0.4, -0.2) is 171 Å². The smallest absolute Gasteiger partial charge is 1.00 e. The number of esters is 4. The molecule has 0 aromatic heterocycles. The van der Waals surface area contributed by atoms with Gasteiger partial charge in [-0.25, -0.2) is 19.2 Å². The monoisotopic (exact) mass is 2330 g/mol. The number of carbonyl (C=O) groups is 11. The van der Waals surface area contributed by atoms with Crippen LogP contribution in [0.15, 0.2) is 164 Å². The number of carbonyl (C=O) groups excluding carboxylic acids is 13. The number of anilines is 5. The van der Waals surface area contributed by atoms with Crippen LogP contribution in [0, 0.1) is 43.4 Å². The van der Waals surface area contributed by atoms with E-state index in [1.54, 1.807) is 71.5 Å². The molecule has 0 fully saturated rings. The van der Waals surface area contributed by atoms with Crippen LogP contribution in [0.1, 0.15) is 160 Å². The number of phenolic OH excluding ortho intramolecular Hbond substituents is 2. The number of methoxy groups -OCH3 is 5. The van der Waals surface area contributed by atoms with Gasteiger partial charge in [-0.3, -0.25) is 33.6 Å². The molecule has 3 heterocycles. The van der Waals surface area contributed by atoms with Crippen molar-refractivity contribution in [2.75, 3.05) is 86.1 Å². The van der Waals surface area contributed by atoms with Crippen molar-refractivity contribution in [1.82, 2.24) is 0 Å². The van der Waals surface area contributed by atoms with Crippen LogP contribution in [-0.2, 0) is 86.0 Å². The van der Waals surface area contributed by atoms with E-state index in [2.05, 4.69) is 80.3 Å². The van der Waals surface area contributed by atoms with Gasteiger partial charge in [0.1, 0.15) is 41.1 Å².